The molecular formula is C35H46. The van der Waals surface area contributed by atoms with E-state index in [0.717, 1.165) is 5.92 Å². The van der Waals surface area contributed by atoms with E-state index in [-0.39, 0.29) is 5.41 Å². The Morgan fingerprint density at radius 1 is 0.914 bits per heavy atom. The zero-order chi connectivity index (χ0) is 24.1. The highest BCUT2D eigenvalue weighted by atomic mass is 14.4. The normalized spacial score (nSPS) is 26.5. The third-order valence-corrected chi connectivity index (χ3v) is 9.45. The van der Waals surface area contributed by atoms with Crippen molar-refractivity contribution in [1.29, 1.82) is 0 Å². The topological polar surface area (TPSA) is 0 Å². The minimum absolute atomic E-state index is 0.265. The van der Waals surface area contributed by atoms with Crippen molar-refractivity contribution < 1.29 is 0 Å². The largest absolute Gasteiger partial charge is 0.0880 e. The van der Waals surface area contributed by atoms with Crippen LogP contribution in [-0.4, -0.2) is 0 Å². The van der Waals surface area contributed by atoms with E-state index in [4.69, 9.17) is 0 Å². The highest BCUT2D eigenvalue weighted by molar-refractivity contribution is 5.44. The standard InChI is InChI=1S/C35H46/c1-3-4-5-11-21-35(23-24-35)22-12-7-10-16-30-25-31-26-32(34(2)19-13-20-34)18-17-29(31)27-33(30)28-14-8-6-9-15-28/h6,8-9,12-15,17-19,22,26,30,33H,3-5,7,10-11,16,20-21,23-25,27H2,1-2H3/b22-12-. The molecule has 2 aromatic carbocycles. The van der Waals surface area contributed by atoms with E-state index in [1.165, 1.54) is 89.0 Å². The predicted molar refractivity (Wildman–Crippen MR) is 151 cm³/mol. The Kier molecular flexibility index (Phi) is 7.66. The average molecular weight is 467 g/mol. The first-order valence-electron chi connectivity index (χ1n) is 14.6. The number of hydrogen-bond acceptors (Lipinski definition) is 0. The molecule has 186 valence electrons. The van der Waals surface area contributed by atoms with Gasteiger partial charge in [-0.1, -0.05) is 112 Å². The van der Waals surface area contributed by atoms with Gasteiger partial charge in [-0.15, -0.1) is 0 Å². The molecule has 0 nitrogen and oxygen atoms in total. The third-order valence-electron chi connectivity index (χ3n) is 9.45. The fourth-order valence-electron chi connectivity index (χ4n) is 6.67. The van der Waals surface area contributed by atoms with Gasteiger partial charge in [-0.3, -0.25) is 0 Å². The SMILES string of the molecule is CCCCCCC1(/C=C\CCCC2Cc3cc(C4(C)C=CC4)ccc3CC2c2ccccc2)CC1. The molecule has 0 saturated heterocycles. The van der Waals surface area contributed by atoms with Crippen molar-refractivity contribution in [2.75, 3.05) is 0 Å². The van der Waals surface area contributed by atoms with Crippen molar-refractivity contribution in [2.45, 2.75) is 109 Å². The van der Waals surface area contributed by atoms with Crippen LogP contribution in [0.5, 0.6) is 0 Å². The molecule has 1 saturated carbocycles. The Labute approximate surface area is 214 Å². The van der Waals surface area contributed by atoms with Gasteiger partial charge in [-0.2, -0.15) is 0 Å². The van der Waals surface area contributed by atoms with Gasteiger partial charge in [0.25, 0.3) is 0 Å². The first-order chi connectivity index (χ1) is 17.1. The van der Waals surface area contributed by atoms with E-state index in [1.807, 2.05) is 0 Å². The summed E-state index contributed by atoms with van der Waals surface area (Å²) in [6.45, 7) is 4.70. The van der Waals surface area contributed by atoms with Gasteiger partial charge in [0.2, 0.25) is 0 Å². The van der Waals surface area contributed by atoms with Gasteiger partial charge in [0.1, 0.15) is 0 Å². The molecule has 3 unspecified atom stereocenters. The molecule has 1 fully saturated rings. The molecule has 0 aliphatic heterocycles. The van der Waals surface area contributed by atoms with Crippen LogP contribution in [0, 0.1) is 11.3 Å². The van der Waals surface area contributed by atoms with Gasteiger partial charge in [0, 0.05) is 5.41 Å². The summed E-state index contributed by atoms with van der Waals surface area (Å²) in [5.41, 5.74) is 7.13. The average Bonchev–Trinajstić information content (AvgIpc) is 3.64. The maximum atomic E-state index is 2.61. The van der Waals surface area contributed by atoms with E-state index >= 15 is 0 Å². The van der Waals surface area contributed by atoms with Crippen LogP contribution in [0.1, 0.15) is 113 Å². The summed E-state index contributed by atoms with van der Waals surface area (Å²) in [6.07, 6.45) is 27.3. The van der Waals surface area contributed by atoms with Crippen LogP contribution in [-0.2, 0) is 18.3 Å². The van der Waals surface area contributed by atoms with Gasteiger partial charge in [-0.25, -0.2) is 0 Å². The third kappa shape index (κ3) is 5.84. The van der Waals surface area contributed by atoms with E-state index in [0.29, 0.717) is 11.3 Å². The lowest BCUT2D eigenvalue weighted by Crippen LogP contribution is -2.27. The van der Waals surface area contributed by atoms with E-state index in [2.05, 4.69) is 86.7 Å². The summed E-state index contributed by atoms with van der Waals surface area (Å²) in [4.78, 5) is 0. The lowest BCUT2D eigenvalue weighted by molar-refractivity contribution is 0.360. The Balaban J connectivity index is 1.22. The molecule has 5 rings (SSSR count). The molecule has 0 aromatic heterocycles. The summed E-state index contributed by atoms with van der Waals surface area (Å²) in [7, 11) is 0. The van der Waals surface area contributed by atoms with Crippen LogP contribution in [0.15, 0.2) is 72.8 Å². The Hall–Kier alpha value is -2.08. The van der Waals surface area contributed by atoms with Crippen LogP contribution in [0.3, 0.4) is 0 Å². The van der Waals surface area contributed by atoms with Crippen LogP contribution in [0.2, 0.25) is 0 Å². The van der Waals surface area contributed by atoms with Crippen molar-refractivity contribution >= 4 is 0 Å². The molecule has 0 spiro atoms. The van der Waals surface area contributed by atoms with Gasteiger partial charge in [0.15, 0.2) is 0 Å². The van der Waals surface area contributed by atoms with Crippen molar-refractivity contribution in [2.24, 2.45) is 11.3 Å². The fourth-order valence-corrected chi connectivity index (χ4v) is 6.67. The van der Waals surface area contributed by atoms with Gasteiger partial charge in [-0.05, 0) is 97.3 Å². The van der Waals surface area contributed by atoms with E-state index in [9.17, 15) is 0 Å². The maximum absolute atomic E-state index is 2.61. The van der Waals surface area contributed by atoms with Crippen LogP contribution < -0.4 is 0 Å². The second-order valence-electron chi connectivity index (χ2n) is 12.2. The second kappa shape index (κ2) is 10.9. The van der Waals surface area contributed by atoms with Crippen LogP contribution in [0.4, 0.5) is 0 Å². The molecule has 3 aliphatic carbocycles. The molecule has 35 heavy (non-hydrogen) atoms. The quantitative estimate of drug-likeness (QED) is 0.216. The van der Waals surface area contributed by atoms with Gasteiger partial charge >= 0.3 is 0 Å². The first kappa shape index (κ1) is 24.6. The number of hydrogen-bond donors (Lipinski definition) is 0. The molecule has 0 N–H and O–H groups in total. The monoisotopic (exact) mass is 466 g/mol. The molecule has 0 heteroatoms. The predicted octanol–water partition coefficient (Wildman–Crippen LogP) is 9.88. The van der Waals surface area contributed by atoms with Gasteiger partial charge < -0.3 is 0 Å². The number of allylic oxidation sites excluding steroid dienone is 4. The van der Waals surface area contributed by atoms with Crippen molar-refractivity contribution in [3.63, 3.8) is 0 Å². The summed E-state index contributed by atoms with van der Waals surface area (Å²) >= 11 is 0. The van der Waals surface area contributed by atoms with E-state index < -0.39 is 0 Å². The summed E-state index contributed by atoms with van der Waals surface area (Å²) in [6, 6.07) is 18.8. The smallest absolute Gasteiger partial charge is 0.0138 e. The molecule has 2 aromatic rings. The number of unbranched alkanes of at least 4 members (excludes halogenated alkanes) is 4. The van der Waals surface area contributed by atoms with E-state index in [1.54, 1.807) is 16.7 Å². The first-order valence-corrected chi connectivity index (χ1v) is 14.6. The molecule has 0 heterocycles. The molecular weight excluding hydrogens is 420 g/mol. The van der Waals surface area contributed by atoms with Crippen LogP contribution in [0.25, 0.3) is 0 Å². The van der Waals surface area contributed by atoms with Crippen LogP contribution >= 0.6 is 0 Å². The molecule has 3 aliphatic rings. The fraction of sp³-hybridized carbons (Fsp3) is 0.543. The Morgan fingerprint density at radius 3 is 2.46 bits per heavy atom. The zero-order valence-corrected chi connectivity index (χ0v) is 22.3. The minimum atomic E-state index is 0.265. The Morgan fingerprint density at radius 2 is 1.74 bits per heavy atom. The lowest BCUT2D eigenvalue weighted by Gasteiger charge is -2.37. The van der Waals surface area contributed by atoms with Gasteiger partial charge in [0.05, 0.1) is 0 Å². The number of rotatable bonds is 12. The van der Waals surface area contributed by atoms with Crippen molar-refractivity contribution in [3.8, 4) is 0 Å². The minimum Gasteiger partial charge on any atom is -0.0880 e. The summed E-state index contributed by atoms with van der Waals surface area (Å²) in [5.74, 6) is 1.41. The zero-order valence-electron chi connectivity index (χ0n) is 22.3. The molecule has 3 atom stereocenters. The molecule has 0 amide bonds. The number of fused-ring (bicyclic) bond motifs is 1. The highest BCUT2D eigenvalue weighted by Crippen LogP contribution is 2.51. The summed E-state index contributed by atoms with van der Waals surface area (Å²) in [5, 5.41) is 0. The molecule has 0 radical (unpaired) electrons. The molecule has 0 bridgehead atoms. The highest BCUT2D eigenvalue weighted by Gasteiger charge is 2.38. The lowest BCUT2D eigenvalue weighted by atomic mass is 9.68. The second-order valence-corrected chi connectivity index (χ2v) is 12.2. The van der Waals surface area contributed by atoms with Crippen molar-refractivity contribution in [3.05, 3.63) is 95.1 Å². The number of benzene rings is 2. The van der Waals surface area contributed by atoms with Crippen molar-refractivity contribution in [1.82, 2.24) is 0 Å². The maximum Gasteiger partial charge on any atom is 0.0138 e. The Bertz CT molecular complexity index is 1020. The summed E-state index contributed by atoms with van der Waals surface area (Å²) < 4.78 is 0.